The maximum Gasteiger partial charge on any atom is 0.275 e. The van der Waals surface area contributed by atoms with Crippen molar-refractivity contribution < 1.29 is 4.79 Å². The van der Waals surface area contributed by atoms with Gasteiger partial charge in [0.2, 0.25) is 0 Å². The topological polar surface area (TPSA) is 70.2 Å². The zero-order chi connectivity index (χ0) is 20.1. The fourth-order valence-electron chi connectivity index (χ4n) is 3.28. The maximum absolute atomic E-state index is 12.5. The van der Waals surface area contributed by atoms with Crippen molar-refractivity contribution in [3.63, 3.8) is 0 Å². The smallest absolute Gasteiger partial charge is 0.275 e. The molecule has 4 rings (SSSR count). The first-order valence-corrected chi connectivity index (χ1v) is 9.64. The lowest BCUT2D eigenvalue weighted by atomic mass is 10.1. The fraction of sp³-hybridized carbons (Fsp3) is 0.174. The third kappa shape index (κ3) is 4.50. The first kappa shape index (κ1) is 18.8. The van der Waals surface area contributed by atoms with Gasteiger partial charge in [-0.25, -0.2) is 4.98 Å². The number of carbonyl (C=O) groups excluding carboxylic acids is 1. The zero-order valence-corrected chi connectivity index (χ0v) is 16.1. The molecular formula is C23H23N5O. The number of hydrogen-bond donors (Lipinski definition) is 2. The molecule has 0 atom stereocenters. The average molecular weight is 385 g/mol. The number of anilines is 1. The van der Waals surface area contributed by atoms with Gasteiger partial charge in [0.15, 0.2) is 0 Å². The van der Waals surface area contributed by atoms with Crippen LogP contribution in [0.3, 0.4) is 0 Å². The quantitative estimate of drug-likeness (QED) is 0.705. The summed E-state index contributed by atoms with van der Waals surface area (Å²) in [5.74, 6) is -0.283. The summed E-state index contributed by atoms with van der Waals surface area (Å²) >= 11 is 0. The van der Waals surface area contributed by atoms with Crippen LogP contribution in [0.25, 0.3) is 17.0 Å². The minimum absolute atomic E-state index is 0.278. The number of benzene rings is 2. The molecule has 6 heteroatoms. The predicted molar refractivity (Wildman–Crippen MR) is 115 cm³/mol. The monoisotopic (exact) mass is 385 g/mol. The van der Waals surface area contributed by atoms with Gasteiger partial charge in [0.05, 0.1) is 18.1 Å². The molecule has 2 aromatic carbocycles. The van der Waals surface area contributed by atoms with Gasteiger partial charge in [-0.2, -0.15) is 0 Å². The van der Waals surface area contributed by atoms with Gasteiger partial charge in [0, 0.05) is 43.1 Å². The molecule has 1 aromatic heterocycles. The Morgan fingerprint density at radius 1 is 1.00 bits per heavy atom. The first-order chi connectivity index (χ1) is 14.2. The standard InChI is InChI=1S/C23H23N5O/c1-17(28-13-11-24-12-14-28)18-7-9-19(10-8-18)21-15-25-16-22(27-21)23(29)26-20-5-3-2-4-6-20/h2-10,15-16,24H,1,11-14H2,(H,26,29). The van der Waals surface area contributed by atoms with E-state index >= 15 is 0 Å². The van der Waals surface area contributed by atoms with E-state index in [1.54, 1.807) is 6.20 Å². The van der Waals surface area contributed by atoms with Crippen molar-refractivity contribution in [2.75, 3.05) is 31.5 Å². The van der Waals surface area contributed by atoms with Gasteiger partial charge in [-0.3, -0.25) is 9.78 Å². The SMILES string of the molecule is C=C(c1ccc(-c2cncc(C(=O)Nc3ccccc3)n2)cc1)N1CCNCC1. The summed E-state index contributed by atoms with van der Waals surface area (Å²) in [6, 6.07) is 17.4. The number of carbonyl (C=O) groups is 1. The summed E-state index contributed by atoms with van der Waals surface area (Å²) in [7, 11) is 0. The van der Waals surface area contributed by atoms with Crippen LogP contribution < -0.4 is 10.6 Å². The van der Waals surface area contributed by atoms with Crippen molar-refractivity contribution in [3.05, 3.63) is 84.8 Å². The van der Waals surface area contributed by atoms with Crippen molar-refractivity contribution in [1.29, 1.82) is 0 Å². The lowest BCUT2D eigenvalue weighted by Crippen LogP contribution is -2.42. The second-order valence-electron chi connectivity index (χ2n) is 6.87. The summed E-state index contributed by atoms with van der Waals surface area (Å²) in [5.41, 5.74) is 4.68. The van der Waals surface area contributed by atoms with Gasteiger partial charge in [-0.05, 0) is 17.7 Å². The Hall–Kier alpha value is -3.51. The van der Waals surface area contributed by atoms with E-state index in [1.165, 1.54) is 6.20 Å². The van der Waals surface area contributed by atoms with Gasteiger partial charge in [0.25, 0.3) is 5.91 Å². The molecule has 2 heterocycles. The molecule has 0 spiro atoms. The van der Waals surface area contributed by atoms with Crippen LogP contribution in [-0.4, -0.2) is 47.0 Å². The molecule has 0 saturated carbocycles. The average Bonchev–Trinajstić information content (AvgIpc) is 2.80. The van der Waals surface area contributed by atoms with E-state index < -0.39 is 0 Å². The Morgan fingerprint density at radius 3 is 2.45 bits per heavy atom. The normalized spacial score (nSPS) is 13.7. The minimum atomic E-state index is -0.283. The van der Waals surface area contributed by atoms with Gasteiger partial charge < -0.3 is 15.5 Å². The molecule has 1 fully saturated rings. The highest BCUT2D eigenvalue weighted by Gasteiger charge is 2.14. The molecule has 0 aliphatic carbocycles. The van der Waals surface area contributed by atoms with Crippen molar-refractivity contribution in [3.8, 4) is 11.3 Å². The number of rotatable bonds is 5. The van der Waals surface area contributed by atoms with Crippen molar-refractivity contribution >= 4 is 17.3 Å². The van der Waals surface area contributed by atoms with Crippen LogP contribution in [0.2, 0.25) is 0 Å². The number of piperazine rings is 1. The van der Waals surface area contributed by atoms with Crippen LogP contribution in [0, 0.1) is 0 Å². The minimum Gasteiger partial charge on any atom is -0.369 e. The summed E-state index contributed by atoms with van der Waals surface area (Å²) in [5, 5.41) is 6.18. The number of aromatic nitrogens is 2. The summed E-state index contributed by atoms with van der Waals surface area (Å²) in [6.45, 7) is 8.12. The number of hydrogen-bond acceptors (Lipinski definition) is 5. The molecule has 0 radical (unpaired) electrons. The summed E-state index contributed by atoms with van der Waals surface area (Å²) in [4.78, 5) is 23.5. The van der Waals surface area contributed by atoms with Crippen LogP contribution in [0.5, 0.6) is 0 Å². The van der Waals surface area contributed by atoms with Crippen molar-refractivity contribution in [2.24, 2.45) is 0 Å². The van der Waals surface area contributed by atoms with Crippen molar-refractivity contribution in [2.45, 2.75) is 0 Å². The van der Waals surface area contributed by atoms with Crippen LogP contribution in [0.1, 0.15) is 16.1 Å². The van der Waals surface area contributed by atoms with E-state index in [-0.39, 0.29) is 11.6 Å². The molecule has 29 heavy (non-hydrogen) atoms. The van der Waals surface area contributed by atoms with Gasteiger partial charge in [0.1, 0.15) is 5.69 Å². The third-order valence-corrected chi connectivity index (χ3v) is 4.91. The molecule has 0 bridgehead atoms. The molecule has 1 saturated heterocycles. The lowest BCUT2D eigenvalue weighted by Gasteiger charge is -2.31. The van der Waals surface area contributed by atoms with Gasteiger partial charge in [-0.15, -0.1) is 0 Å². The second kappa shape index (κ2) is 8.67. The Labute approximate surface area is 170 Å². The lowest BCUT2D eigenvalue weighted by molar-refractivity contribution is 0.102. The van der Waals surface area contributed by atoms with Crippen LogP contribution >= 0.6 is 0 Å². The molecule has 3 aromatic rings. The Balaban J connectivity index is 1.49. The third-order valence-electron chi connectivity index (χ3n) is 4.91. The molecule has 1 aliphatic rings. The van der Waals surface area contributed by atoms with Crippen LogP contribution in [0.15, 0.2) is 73.6 Å². The first-order valence-electron chi connectivity index (χ1n) is 9.64. The number of amides is 1. The molecular weight excluding hydrogens is 362 g/mol. The Kier molecular flexibility index (Phi) is 5.63. The Morgan fingerprint density at radius 2 is 1.72 bits per heavy atom. The van der Waals surface area contributed by atoms with Gasteiger partial charge >= 0.3 is 0 Å². The van der Waals surface area contributed by atoms with Crippen LogP contribution in [-0.2, 0) is 0 Å². The summed E-state index contributed by atoms with van der Waals surface area (Å²) in [6.07, 6.45) is 3.14. The zero-order valence-electron chi connectivity index (χ0n) is 16.1. The number of nitrogens with zero attached hydrogens (tertiary/aromatic N) is 3. The number of nitrogens with one attached hydrogen (secondary N) is 2. The fourth-order valence-corrected chi connectivity index (χ4v) is 3.28. The van der Waals surface area contributed by atoms with E-state index in [0.29, 0.717) is 5.69 Å². The predicted octanol–water partition coefficient (Wildman–Crippen LogP) is 3.27. The summed E-state index contributed by atoms with van der Waals surface area (Å²) < 4.78 is 0. The molecule has 6 nitrogen and oxygen atoms in total. The van der Waals surface area contributed by atoms with E-state index in [2.05, 4.69) is 32.1 Å². The van der Waals surface area contributed by atoms with Crippen molar-refractivity contribution in [1.82, 2.24) is 20.2 Å². The van der Waals surface area contributed by atoms with Gasteiger partial charge in [-0.1, -0.05) is 49.0 Å². The van der Waals surface area contributed by atoms with Crippen LogP contribution in [0.4, 0.5) is 5.69 Å². The molecule has 1 amide bonds. The molecule has 1 aliphatic heterocycles. The molecule has 146 valence electrons. The highest BCUT2D eigenvalue weighted by atomic mass is 16.1. The highest BCUT2D eigenvalue weighted by molar-refractivity contribution is 6.02. The highest BCUT2D eigenvalue weighted by Crippen LogP contribution is 2.22. The van der Waals surface area contributed by atoms with E-state index in [4.69, 9.17) is 0 Å². The number of para-hydroxylation sites is 1. The van der Waals surface area contributed by atoms with E-state index in [9.17, 15) is 4.79 Å². The largest absolute Gasteiger partial charge is 0.369 e. The second-order valence-corrected chi connectivity index (χ2v) is 6.87. The Bertz CT molecular complexity index is 995. The molecule has 2 N–H and O–H groups in total. The maximum atomic E-state index is 12.5. The molecule has 0 unspecified atom stereocenters. The van der Waals surface area contributed by atoms with E-state index in [0.717, 1.165) is 48.7 Å². The van der Waals surface area contributed by atoms with E-state index in [1.807, 2.05) is 54.6 Å².